The Morgan fingerprint density at radius 3 is 2.52 bits per heavy atom. The second kappa shape index (κ2) is 8.64. The molecule has 0 N–H and O–H groups in total. The van der Waals surface area contributed by atoms with Crippen molar-refractivity contribution in [2.75, 3.05) is 13.1 Å². The lowest BCUT2D eigenvalue weighted by molar-refractivity contribution is 0.0685. The first-order valence-corrected chi connectivity index (χ1v) is 10.6. The molecule has 4 rings (SSSR count). The zero-order valence-electron chi connectivity index (χ0n) is 17.3. The minimum Gasteiger partial charge on any atom is -0.339 e. The van der Waals surface area contributed by atoms with Crippen LogP contribution in [0.3, 0.4) is 0 Å². The van der Waals surface area contributed by atoms with E-state index < -0.39 is 0 Å². The summed E-state index contributed by atoms with van der Waals surface area (Å²) in [6.07, 6.45) is 5.24. The Morgan fingerprint density at radius 1 is 1.03 bits per heavy atom. The Balaban J connectivity index is 1.34. The molecule has 0 bridgehead atoms. The molecule has 1 aliphatic rings. The number of likely N-dealkylation sites (tertiary alicyclic amines) is 1. The molecule has 29 heavy (non-hydrogen) atoms. The number of benzene rings is 2. The Kier molecular flexibility index (Phi) is 5.79. The number of imidazole rings is 1. The van der Waals surface area contributed by atoms with Gasteiger partial charge in [0.2, 0.25) is 0 Å². The van der Waals surface area contributed by atoms with E-state index >= 15 is 0 Å². The summed E-state index contributed by atoms with van der Waals surface area (Å²) in [6.45, 7) is 6.84. The molecule has 0 atom stereocenters. The molecule has 0 aliphatic carbocycles. The standard InChI is InChI=1S/C25H29N3O/c1-19-7-6-10-23(17-19)25(29)27-14-11-21(12-15-27)13-16-28-20(2)18-26-24(28)22-8-4-3-5-9-22/h3-10,17-18,21H,11-16H2,1-2H3. The highest BCUT2D eigenvalue weighted by molar-refractivity contribution is 5.94. The molecule has 1 fully saturated rings. The number of hydrogen-bond donors (Lipinski definition) is 0. The summed E-state index contributed by atoms with van der Waals surface area (Å²) in [5.41, 5.74) is 4.32. The molecule has 1 aliphatic heterocycles. The average Bonchev–Trinajstić information content (AvgIpc) is 3.13. The maximum atomic E-state index is 12.8. The molecule has 4 nitrogen and oxygen atoms in total. The minimum atomic E-state index is 0.170. The summed E-state index contributed by atoms with van der Waals surface area (Å²) in [5, 5.41) is 0. The summed E-state index contributed by atoms with van der Waals surface area (Å²) in [4.78, 5) is 19.4. The first-order valence-electron chi connectivity index (χ1n) is 10.6. The first-order chi connectivity index (χ1) is 14.1. The molecule has 150 valence electrons. The maximum Gasteiger partial charge on any atom is 0.253 e. The van der Waals surface area contributed by atoms with Gasteiger partial charge >= 0.3 is 0 Å². The third-order valence-electron chi connectivity index (χ3n) is 6.01. The molecule has 1 aromatic heterocycles. The van der Waals surface area contributed by atoms with E-state index in [2.05, 4.69) is 40.7 Å². The van der Waals surface area contributed by atoms with E-state index in [1.807, 2.05) is 48.4 Å². The zero-order valence-corrected chi connectivity index (χ0v) is 17.3. The molecule has 1 amide bonds. The van der Waals surface area contributed by atoms with Gasteiger partial charge < -0.3 is 9.47 Å². The normalized spacial score (nSPS) is 14.9. The van der Waals surface area contributed by atoms with Gasteiger partial charge in [-0.1, -0.05) is 48.0 Å². The van der Waals surface area contributed by atoms with E-state index in [0.717, 1.165) is 55.8 Å². The van der Waals surface area contributed by atoms with Crippen LogP contribution in [0, 0.1) is 19.8 Å². The van der Waals surface area contributed by atoms with Crippen LogP contribution >= 0.6 is 0 Å². The largest absolute Gasteiger partial charge is 0.339 e. The van der Waals surface area contributed by atoms with Gasteiger partial charge in [-0.25, -0.2) is 4.98 Å². The highest BCUT2D eigenvalue weighted by atomic mass is 16.2. The number of hydrogen-bond acceptors (Lipinski definition) is 2. The highest BCUT2D eigenvalue weighted by Gasteiger charge is 2.24. The van der Waals surface area contributed by atoms with Crippen molar-refractivity contribution in [2.45, 2.75) is 39.7 Å². The quantitative estimate of drug-likeness (QED) is 0.610. The van der Waals surface area contributed by atoms with Crippen LogP contribution in [0.15, 0.2) is 60.8 Å². The molecule has 2 aromatic carbocycles. The van der Waals surface area contributed by atoms with Crippen LogP contribution in [0.1, 0.15) is 40.9 Å². The summed E-state index contributed by atoms with van der Waals surface area (Å²) in [7, 11) is 0. The van der Waals surface area contributed by atoms with Gasteiger partial charge in [0.05, 0.1) is 0 Å². The van der Waals surface area contributed by atoms with Gasteiger partial charge in [-0.05, 0) is 51.2 Å². The van der Waals surface area contributed by atoms with Crippen molar-refractivity contribution in [3.63, 3.8) is 0 Å². The molecule has 0 radical (unpaired) electrons. The highest BCUT2D eigenvalue weighted by Crippen LogP contribution is 2.25. The lowest BCUT2D eigenvalue weighted by Gasteiger charge is -2.32. The van der Waals surface area contributed by atoms with Gasteiger partial charge in [-0.2, -0.15) is 0 Å². The number of carbonyl (C=O) groups is 1. The molecular weight excluding hydrogens is 358 g/mol. The second-order valence-corrected chi connectivity index (χ2v) is 8.13. The molecule has 1 saturated heterocycles. The lowest BCUT2D eigenvalue weighted by Crippen LogP contribution is -2.38. The van der Waals surface area contributed by atoms with Gasteiger partial charge in [0.1, 0.15) is 5.82 Å². The Hall–Kier alpha value is -2.88. The van der Waals surface area contributed by atoms with Gasteiger partial charge in [0, 0.05) is 42.7 Å². The fourth-order valence-corrected chi connectivity index (χ4v) is 4.26. The molecular formula is C25H29N3O. The molecule has 2 heterocycles. The smallest absolute Gasteiger partial charge is 0.253 e. The van der Waals surface area contributed by atoms with E-state index in [-0.39, 0.29) is 5.91 Å². The van der Waals surface area contributed by atoms with Crippen LogP contribution in [-0.4, -0.2) is 33.4 Å². The number of aryl methyl sites for hydroxylation is 2. The monoisotopic (exact) mass is 387 g/mol. The van der Waals surface area contributed by atoms with Gasteiger partial charge in [-0.15, -0.1) is 0 Å². The molecule has 3 aromatic rings. The summed E-state index contributed by atoms with van der Waals surface area (Å²) in [5.74, 6) is 1.88. The predicted molar refractivity (Wildman–Crippen MR) is 117 cm³/mol. The van der Waals surface area contributed by atoms with Crippen LogP contribution in [0.5, 0.6) is 0 Å². The van der Waals surface area contributed by atoms with Gasteiger partial charge in [0.15, 0.2) is 0 Å². The number of nitrogens with zero attached hydrogens (tertiary/aromatic N) is 3. The number of amides is 1. The van der Waals surface area contributed by atoms with Crippen LogP contribution in [-0.2, 0) is 6.54 Å². The minimum absolute atomic E-state index is 0.170. The number of aromatic nitrogens is 2. The van der Waals surface area contributed by atoms with E-state index in [0.29, 0.717) is 5.92 Å². The third-order valence-corrected chi connectivity index (χ3v) is 6.01. The number of rotatable bonds is 5. The van der Waals surface area contributed by atoms with Gasteiger partial charge in [-0.3, -0.25) is 4.79 Å². The maximum absolute atomic E-state index is 12.8. The topological polar surface area (TPSA) is 38.1 Å². The summed E-state index contributed by atoms with van der Waals surface area (Å²) in [6, 6.07) is 18.3. The average molecular weight is 388 g/mol. The van der Waals surface area contributed by atoms with Crippen molar-refractivity contribution in [1.82, 2.24) is 14.5 Å². The van der Waals surface area contributed by atoms with Crippen LogP contribution in [0.2, 0.25) is 0 Å². The lowest BCUT2D eigenvalue weighted by atomic mass is 9.93. The van der Waals surface area contributed by atoms with E-state index in [1.165, 1.54) is 11.3 Å². The SMILES string of the molecule is Cc1cccc(C(=O)N2CCC(CCn3c(C)cnc3-c3ccccc3)CC2)c1. The van der Waals surface area contributed by atoms with Gasteiger partial charge in [0.25, 0.3) is 5.91 Å². The third kappa shape index (κ3) is 4.42. The zero-order chi connectivity index (χ0) is 20.2. The molecule has 0 saturated carbocycles. The Labute approximate surface area is 173 Å². The van der Waals surface area contributed by atoms with E-state index in [9.17, 15) is 4.79 Å². The summed E-state index contributed by atoms with van der Waals surface area (Å²) < 4.78 is 2.33. The number of piperidine rings is 1. The van der Waals surface area contributed by atoms with Crippen LogP contribution in [0.25, 0.3) is 11.4 Å². The van der Waals surface area contributed by atoms with Crippen molar-refractivity contribution in [3.05, 3.63) is 77.6 Å². The Bertz CT molecular complexity index is 969. The van der Waals surface area contributed by atoms with Crippen molar-refractivity contribution >= 4 is 5.91 Å². The van der Waals surface area contributed by atoms with Crippen molar-refractivity contribution in [2.24, 2.45) is 5.92 Å². The molecule has 0 spiro atoms. The van der Waals surface area contributed by atoms with Crippen molar-refractivity contribution in [1.29, 1.82) is 0 Å². The van der Waals surface area contributed by atoms with Crippen LogP contribution in [0.4, 0.5) is 0 Å². The fraction of sp³-hybridized carbons (Fsp3) is 0.360. The Morgan fingerprint density at radius 2 is 1.79 bits per heavy atom. The molecule has 0 unspecified atom stereocenters. The van der Waals surface area contributed by atoms with Crippen molar-refractivity contribution < 1.29 is 4.79 Å². The fourth-order valence-electron chi connectivity index (χ4n) is 4.26. The molecule has 4 heteroatoms. The van der Waals surface area contributed by atoms with E-state index in [1.54, 1.807) is 0 Å². The van der Waals surface area contributed by atoms with Crippen molar-refractivity contribution in [3.8, 4) is 11.4 Å². The number of carbonyl (C=O) groups excluding carboxylic acids is 1. The second-order valence-electron chi connectivity index (χ2n) is 8.13. The first kappa shape index (κ1) is 19.4. The van der Waals surface area contributed by atoms with E-state index in [4.69, 9.17) is 0 Å². The van der Waals surface area contributed by atoms with Crippen LogP contribution < -0.4 is 0 Å². The summed E-state index contributed by atoms with van der Waals surface area (Å²) >= 11 is 0. The predicted octanol–water partition coefficient (Wildman–Crippen LogP) is 5.11.